The van der Waals surface area contributed by atoms with Gasteiger partial charge in [-0.3, -0.25) is 14.7 Å². The lowest BCUT2D eigenvalue weighted by Crippen LogP contribution is -3.12. The average Bonchev–Trinajstić information content (AvgIpc) is 2.93. The summed E-state index contributed by atoms with van der Waals surface area (Å²) in [7, 11) is 0. The van der Waals surface area contributed by atoms with Gasteiger partial charge in [0.1, 0.15) is 18.1 Å². The van der Waals surface area contributed by atoms with E-state index in [0.29, 0.717) is 0 Å². The van der Waals surface area contributed by atoms with Gasteiger partial charge in [-0.05, 0) is 43.4 Å². The van der Waals surface area contributed by atoms with Crippen molar-refractivity contribution in [3.05, 3.63) is 46.1 Å². The van der Waals surface area contributed by atoms with Crippen molar-refractivity contribution >= 4 is 22.2 Å². The number of hydrogen-bond acceptors (Lipinski definition) is 3. The lowest BCUT2D eigenvalue weighted by atomic mass is 9.94. The summed E-state index contributed by atoms with van der Waals surface area (Å²) in [5, 5.41) is 1.22. The number of anilines is 1. The summed E-state index contributed by atoms with van der Waals surface area (Å²) in [5.74, 6) is 0.164. The molecule has 1 N–H and O–H groups in total. The Kier molecular flexibility index (Phi) is 3.91. The molecule has 2 aliphatic rings. The van der Waals surface area contributed by atoms with Gasteiger partial charge in [-0.1, -0.05) is 0 Å². The van der Waals surface area contributed by atoms with Gasteiger partial charge in [0, 0.05) is 35.3 Å². The first-order valence-electron chi connectivity index (χ1n) is 8.36. The fourth-order valence-electron chi connectivity index (χ4n) is 3.78. The Hall–Kier alpha value is -1.72. The second kappa shape index (κ2) is 6.06. The molecular formula is C18H22N3OS+. The average molecular weight is 328 g/mol. The Balaban J connectivity index is 1.66. The Morgan fingerprint density at radius 3 is 2.83 bits per heavy atom. The fourth-order valence-corrected chi connectivity index (χ4v) is 5.23. The quantitative estimate of drug-likeness (QED) is 0.915. The molecule has 0 radical (unpaired) electrons. The van der Waals surface area contributed by atoms with E-state index >= 15 is 0 Å². The number of amides is 1. The van der Waals surface area contributed by atoms with Crippen LogP contribution >= 0.6 is 11.3 Å². The molecule has 120 valence electrons. The van der Waals surface area contributed by atoms with E-state index < -0.39 is 0 Å². The first-order valence-corrected chi connectivity index (χ1v) is 9.18. The number of aromatic nitrogens is 1. The molecule has 3 heterocycles. The minimum atomic E-state index is 0.164. The van der Waals surface area contributed by atoms with Crippen LogP contribution in [-0.4, -0.2) is 17.6 Å². The van der Waals surface area contributed by atoms with Gasteiger partial charge in [-0.15, -0.1) is 11.3 Å². The SMILES string of the molecule is CC(=O)N1C[NH+](Cc2ccncc2)Cc2c1sc1c2CCCC1. The molecule has 0 spiro atoms. The van der Waals surface area contributed by atoms with Gasteiger partial charge in [0.2, 0.25) is 5.91 Å². The third-order valence-corrected chi connectivity index (χ3v) is 6.25. The molecule has 23 heavy (non-hydrogen) atoms. The molecule has 0 fully saturated rings. The van der Waals surface area contributed by atoms with E-state index in [4.69, 9.17) is 0 Å². The first-order chi connectivity index (χ1) is 11.2. The van der Waals surface area contributed by atoms with Gasteiger partial charge in [-0.2, -0.15) is 0 Å². The predicted octanol–water partition coefficient (Wildman–Crippen LogP) is 1.93. The number of quaternary nitrogens is 1. The van der Waals surface area contributed by atoms with Gasteiger partial charge in [0.15, 0.2) is 6.67 Å². The molecule has 5 heteroatoms. The van der Waals surface area contributed by atoms with Crippen LogP contribution in [0.2, 0.25) is 0 Å². The van der Waals surface area contributed by atoms with Crippen LogP contribution in [-0.2, 0) is 30.7 Å². The van der Waals surface area contributed by atoms with E-state index in [1.807, 2.05) is 28.6 Å². The number of thiophene rings is 1. The molecule has 1 amide bonds. The predicted molar refractivity (Wildman–Crippen MR) is 91.6 cm³/mol. The lowest BCUT2D eigenvalue weighted by molar-refractivity contribution is -0.928. The zero-order chi connectivity index (χ0) is 15.8. The Morgan fingerprint density at radius 1 is 1.26 bits per heavy atom. The van der Waals surface area contributed by atoms with Gasteiger partial charge in [0.05, 0.1) is 0 Å². The molecule has 0 saturated carbocycles. The van der Waals surface area contributed by atoms with Crippen LogP contribution < -0.4 is 9.80 Å². The van der Waals surface area contributed by atoms with E-state index in [1.54, 1.807) is 12.5 Å². The minimum absolute atomic E-state index is 0.164. The van der Waals surface area contributed by atoms with Gasteiger partial charge in [-0.25, -0.2) is 0 Å². The van der Waals surface area contributed by atoms with E-state index in [2.05, 4.69) is 17.1 Å². The molecule has 1 aliphatic carbocycles. The van der Waals surface area contributed by atoms with Gasteiger partial charge >= 0.3 is 0 Å². The molecule has 1 unspecified atom stereocenters. The zero-order valence-corrected chi connectivity index (χ0v) is 14.3. The van der Waals surface area contributed by atoms with Crippen molar-refractivity contribution in [2.24, 2.45) is 0 Å². The van der Waals surface area contributed by atoms with Crippen LogP contribution in [0.3, 0.4) is 0 Å². The number of fused-ring (bicyclic) bond motifs is 3. The fraction of sp³-hybridized carbons (Fsp3) is 0.444. The summed E-state index contributed by atoms with van der Waals surface area (Å²) >= 11 is 1.86. The second-order valence-electron chi connectivity index (χ2n) is 6.56. The summed E-state index contributed by atoms with van der Waals surface area (Å²) in [6, 6.07) is 4.15. The molecular weight excluding hydrogens is 306 g/mol. The molecule has 1 atom stereocenters. The van der Waals surface area contributed by atoms with Crippen LogP contribution in [0.25, 0.3) is 0 Å². The molecule has 2 aromatic heterocycles. The van der Waals surface area contributed by atoms with Crippen LogP contribution in [0.1, 0.15) is 41.3 Å². The maximum atomic E-state index is 12.2. The summed E-state index contributed by atoms with van der Waals surface area (Å²) < 4.78 is 0. The number of nitrogens with zero attached hydrogens (tertiary/aromatic N) is 2. The molecule has 2 aromatic rings. The minimum Gasteiger partial charge on any atom is -0.310 e. The van der Waals surface area contributed by atoms with Crippen molar-refractivity contribution in [3.8, 4) is 0 Å². The maximum absolute atomic E-state index is 12.2. The topological polar surface area (TPSA) is 37.6 Å². The summed E-state index contributed by atoms with van der Waals surface area (Å²) in [6.07, 6.45) is 8.66. The number of rotatable bonds is 2. The standard InChI is InChI=1S/C18H21N3OS/c1-13(22)21-12-20(10-14-6-8-19-9-7-14)11-16-15-4-2-3-5-17(15)23-18(16)21/h6-9H,2-5,10-12H2,1H3/p+1. The number of carbonyl (C=O) groups is 1. The van der Waals surface area contributed by atoms with Crippen LogP contribution in [0.15, 0.2) is 24.5 Å². The van der Waals surface area contributed by atoms with Crippen molar-refractivity contribution in [2.45, 2.75) is 45.7 Å². The largest absolute Gasteiger partial charge is 0.310 e. The molecule has 0 saturated heterocycles. The van der Waals surface area contributed by atoms with Crippen LogP contribution in [0.5, 0.6) is 0 Å². The normalized spacial score (nSPS) is 20.0. The van der Waals surface area contributed by atoms with Crippen molar-refractivity contribution < 1.29 is 9.69 Å². The number of pyridine rings is 1. The summed E-state index contributed by atoms with van der Waals surface area (Å²) in [5.41, 5.74) is 4.27. The first kappa shape index (κ1) is 14.8. The summed E-state index contributed by atoms with van der Waals surface area (Å²) in [6.45, 7) is 4.44. The highest BCUT2D eigenvalue weighted by Gasteiger charge is 2.34. The Morgan fingerprint density at radius 2 is 2.04 bits per heavy atom. The van der Waals surface area contributed by atoms with E-state index in [1.165, 1.54) is 51.6 Å². The number of hydrogen-bond donors (Lipinski definition) is 1. The molecule has 4 rings (SSSR count). The molecule has 1 aliphatic heterocycles. The highest BCUT2D eigenvalue weighted by Crippen LogP contribution is 2.40. The molecule has 4 nitrogen and oxygen atoms in total. The third kappa shape index (κ3) is 2.79. The van der Waals surface area contributed by atoms with Crippen molar-refractivity contribution in [3.63, 3.8) is 0 Å². The van der Waals surface area contributed by atoms with Gasteiger partial charge < -0.3 is 4.90 Å². The van der Waals surface area contributed by atoms with Crippen molar-refractivity contribution in [1.82, 2.24) is 4.98 Å². The number of carbonyl (C=O) groups excluding carboxylic acids is 1. The van der Waals surface area contributed by atoms with Crippen molar-refractivity contribution in [2.75, 3.05) is 11.6 Å². The smallest absolute Gasteiger partial charge is 0.228 e. The van der Waals surface area contributed by atoms with Gasteiger partial charge in [0.25, 0.3) is 0 Å². The third-order valence-electron chi connectivity index (χ3n) is 4.90. The Labute approximate surface area is 140 Å². The van der Waals surface area contributed by atoms with Crippen molar-refractivity contribution in [1.29, 1.82) is 0 Å². The van der Waals surface area contributed by atoms with E-state index in [-0.39, 0.29) is 5.91 Å². The highest BCUT2D eigenvalue weighted by atomic mass is 32.1. The Bertz CT molecular complexity index is 725. The number of aryl methyl sites for hydroxylation is 1. The lowest BCUT2D eigenvalue weighted by Gasteiger charge is -2.32. The monoisotopic (exact) mass is 328 g/mol. The second-order valence-corrected chi connectivity index (χ2v) is 7.64. The molecule has 0 bridgehead atoms. The van der Waals surface area contributed by atoms with E-state index in [0.717, 1.165) is 19.8 Å². The molecule has 0 aromatic carbocycles. The van der Waals surface area contributed by atoms with Crippen LogP contribution in [0, 0.1) is 0 Å². The highest BCUT2D eigenvalue weighted by molar-refractivity contribution is 7.16. The summed E-state index contributed by atoms with van der Waals surface area (Å²) in [4.78, 5) is 21.2. The zero-order valence-electron chi connectivity index (χ0n) is 13.5. The number of nitrogens with one attached hydrogen (secondary N) is 1. The maximum Gasteiger partial charge on any atom is 0.228 e. The van der Waals surface area contributed by atoms with Crippen LogP contribution in [0.4, 0.5) is 5.00 Å². The van der Waals surface area contributed by atoms with E-state index in [9.17, 15) is 4.79 Å².